The molecule has 0 aliphatic rings. The molecule has 134 valence electrons. The van der Waals surface area contributed by atoms with Crippen LogP contribution in [0.5, 0.6) is 5.75 Å². The number of hydrogen-bond donors (Lipinski definition) is 1. The average Bonchev–Trinajstić information content (AvgIpc) is 2.61. The molecule has 7 heteroatoms. The molecule has 0 aromatic heterocycles. The monoisotopic (exact) mass is 363 g/mol. The first-order valence-electron chi connectivity index (χ1n) is 7.87. The highest BCUT2D eigenvalue weighted by Crippen LogP contribution is 2.11. The molecular weight excluding hydrogens is 342 g/mol. The summed E-state index contributed by atoms with van der Waals surface area (Å²) in [7, 11) is -3.60. The Morgan fingerprint density at radius 1 is 1.00 bits per heavy atom. The zero-order chi connectivity index (χ0) is 18.1. The number of sulfonamides is 1. The third kappa shape index (κ3) is 6.56. The lowest BCUT2D eigenvalue weighted by Crippen LogP contribution is -2.27. The Balaban J connectivity index is 1.63. The summed E-state index contributed by atoms with van der Waals surface area (Å²) in [6.45, 7) is 2.31. The van der Waals surface area contributed by atoms with Gasteiger partial charge in [-0.05, 0) is 31.2 Å². The van der Waals surface area contributed by atoms with E-state index in [1.807, 2.05) is 31.2 Å². The first-order chi connectivity index (χ1) is 12.0. The Morgan fingerprint density at radius 3 is 2.36 bits per heavy atom. The molecule has 2 aromatic rings. The maximum Gasteiger partial charge on any atom is 0.307 e. The van der Waals surface area contributed by atoms with Crippen molar-refractivity contribution in [2.24, 2.45) is 0 Å². The zero-order valence-electron chi connectivity index (χ0n) is 14.0. The van der Waals surface area contributed by atoms with Gasteiger partial charge >= 0.3 is 5.97 Å². The van der Waals surface area contributed by atoms with Crippen LogP contribution in [0.15, 0.2) is 59.5 Å². The van der Waals surface area contributed by atoms with Crippen LogP contribution in [-0.2, 0) is 19.6 Å². The second-order valence-electron chi connectivity index (χ2n) is 5.34. The number of hydrogen-bond acceptors (Lipinski definition) is 5. The molecule has 0 saturated heterocycles. The quantitative estimate of drug-likeness (QED) is 0.546. The van der Waals surface area contributed by atoms with Crippen molar-refractivity contribution in [1.29, 1.82) is 0 Å². The molecular formula is C18H21NO5S. The van der Waals surface area contributed by atoms with E-state index in [1.165, 1.54) is 12.1 Å². The van der Waals surface area contributed by atoms with Crippen LogP contribution in [0.25, 0.3) is 0 Å². The number of ether oxygens (including phenoxy) is 2. The van der Waals surface area contributed by atoms with Gasteiger partial charge in [-0.15, -0.1) is 0 Å². The average molecular weight is 363 g/mol. The maximum absolute atomic E-state index is 12.0. The fourth-order valence-electron chi connectivity index (χ4n) is 1.99. The van der Waals surface area contributed by atoms with Crippen LogP contribution >= 0.6 is 0 Å². The Kier molecular flexibility index (Phi) is 6.97. The Morgan fingerprint density at radius 2 is 1.68 bits per heavy atom. The van der Waals surface area contributed by atoms with Crippen LogP contribution in [0, 0.1) is 6.92 Å². The lowest BCUT2D eigenvalue weighted by Gasteiger charge is -2.08. The van der Waals surface area contributed by atoms with Crippen LogP contribution in [0.2, 0.25) is 0 Å². The smallest absolute Gasteiger partial charge is 0.307 e. The van der Waals surface area contributed by atoms with Gasteiger partial charge in [0.1, 0.15) is 19.0 Å². The van der Waals surface area contributed by atoms with Crippen molar-refractivity contribution in [2.45, 2.75) is 18.2 Å². The van der Waals surface area contributed by atoms with Gasteiger partial charge < -0.3 is 9.47 Å². The molecule has 6 nitrogen and oxygen atoms in total. The molecule has 25 heavy (non-hydrogen) atoms. The number of nitrogens with one attached hydrogen (secondary N) is 1. The Hall–Kier alpha value is -2.38. The molecule has 0 radical (unpaired) electrons. The minimum absolute atomic E-state index is 0.0190. The number of benzene rings is 2. The Bertz CT molecular complexity index is 773. The molecule has 0 heterocycles. The number of carbonyl (C=O) groups excluding carboxylic acids is 1. The standard InChI is InChI=1S/C18H21NO5S/c1-15-7-9-16(10-8-15)23-13-14-24-18(20)11-12-19-25(21,22)17-5-3-2-4-6-17/h2-10,19H,11-14H2,1H3. The Labute approximate surface area is 147 Å². The van der Waals surface area contributed by atoms with Gasteiger partial charge in [0.05, 0.1) is 11.3 Å². The largest absolute Gasteiger partial charge is 0.490 e. The topological polar surface area (TPSA) is 81.7 Å². The van der Waals surface area contributed by atoms with Crippen molar-refractivity contribution in [3.05, 3.63) is 60.2 Å². The number of esters is 1. The van der Waals surface area contributed by atoms with Crippen LogP contribution in [0.4, 0.5) is 0 Å². The van der Waals surface area contributed by atoms with Crippen molar-refractivity contribution in [3.63, 3.8) is 0 Å². The summed E-state index contributed by atoms with van der Waals surface area (Å²) in [5.41, 5.74) is 1.14. The van der Waals surface area contributed by atoms with Crippen molar-refractivity contribution in [1.82, 2.24) is 4.72 Å². The van der Waals surface area contributed by atoms with Crippen LogP contribution in [0.3, 0.4) is 0 Å². The third-order valence-electron chi connectivity index (χ3n) is 3.31. The molecule has 0 bridgehead atoms. The van der Waals surface area contributed by atoms with Gasteiger partial charge in [0, 0.05) is 6.54 Å². The summed E-state index contributed by atoms with van der Waals surface area (Å²) >= 11 is 0. The predicted molar refractivity (Wildman–Crippen MR) is 93.9 cm³/mol. The molecule has 2 aromatic carbocycles. The van der Waals surface area contributed by atoms with Gasteiger partial charge in [-0.25, -0.2) is 13.1 Å². The van der Waals surface area contributed by atoms with Gasteiger partial charge in [0.25, 0.3) is 0 Å². The fourth-order valence-corrected chi connectivity index (χ4v) is 3.05. The fraction of sp³-hybridized carbons (Fsp3) is 0.278. The first-order valence-corrected chi connectivity index (χ1v) is 9.35. The molecule has 0 spiro atoms. The molecule has 0 aliphatic carbocycles. The number of aryl methyl sites for hydroxylation is 1. The summed E-state index contributed by atoms with van der Waals surface area (Å²) in [6, 6.07) is 15.5. The highest BCUT2D eigenvalue weighted by molar-refractivity contribution is 7.89. The summed E-state index contributed by atoms with van der Waals surface area (Å²) < 4.78 is 36.8. The van der Waals surface area contributed by atoms with E-state index >= 15 is 0 Å². The van der Waals surface area contributed by atoms with Gasteiger partial charge in [0.15, 0.2) is 0 Å². The zero-order valence-corrected chi connectivity index (χ0v) is 14.8. The first kappa shape index (κ1) is 19.0. The number of carbonyl (C=O) groups is 1. The SMILES string of the molecule is Cc1ccc(OCCOC(=O)CCNS(=O)(=O)c2ccccc2)cc1. The summed E-state index contributed by atoms with van der Waals surface area (Å²) in [6.07, 6.45) is -0.0450. The van der Waals surface area contributed by atoms with E-state index in [0.29, 0.717) is 5.75 Å². The van der Waals surface area contributed by atoms with Gasteiger partial charge in [-0.2, -0.15) is 0 Å². The molecule has 0 aliphatic heterocycles. The van der Waals surface area contributed by atoms with Gasteiger partial charge in [-0.1, -0.05) is 35.9 Å². The minimum Gasteiger partial charge on any atom is -0.490 e. The van der Waals surface area contributed by atoms with E-state index in [-0.39, 0.29) is 31.1 Å². The van der Waals surface area contributed by atoms with Gasteiger partial charge in [0.2, 0.25) is 10.0 Å². The normalized spacial score (nSPS) is 11.1. The lowest BCUT2D eigenvalue weighted by atomic mass is 10.2. The van der Waals surface area contributed by atoms with Crippen molar-refractivity contribution in [3.8, 4) is 5.75 Å². The lowest BCUT2D eigenvalue weighted by molar-refractivity contribution is -0.144. The van der Waals surface area contributed by atoms with E-state index in [2.05, 4.69) is 4.72 Å². The van der Waals surface area contributed by atoms with Crippen molar-refractivity contribution < 1.29 is 22.7 Å². The molecule has 0 atom stereocenters. The highest BCUT2D eigenvalue weighted by Gasteiger charge is 2.13. The van der Waals surface area contributed by atoms with Crippen molar-refractivity contribution >= 4 is 16.0 Å². The molecule has 0 saturated carbocycles. The highest BCUT2D eigenvalue weighted by atomic mass is 32.2. The van der Waals surface area contributed by atoms with E-state index in [0.717, 1.165) is 5.56 Å². The summed E-state index contributed by atoms with van der Waals surface area (Å²) in [5.74, 6) is 0.223. The van der Waals surface area contributed by atoms with Crippen molar-refractivity contribution in [2.75, 3.05) is 19.8 Å². The second-order valence-corrected chi connectivity index (χ2v) is 7.11. The second kappa shape index (κ2) is 9.19. The van der Waals surface area contributed by atoms with Crippen LogP contribution in [-0.4, -0.2) is 34.1 Å². The molecule has 0 amide bonds. The van der Waals surface area contributed by atoms with E-state index < -0.39 is 16.0 Å². The molecule has 0 unspecified atom stereocenters. The summed E-state index contributed by atoms with van der Waals surface area (Å²) in [4.78, 5) is 11.8. The maximum atomic E-state index is 12.0. The van der Waals surface area contributed by atoms with E-state index in [4.69, 9.17) is 9.47 Å². The molecule has 0 fully saturated rings. The minimum atomic E-state index is -3.60. The predicted octanol–water partition coefficient (Wildman–Crippen LogP) is 2.29. The van der Waals surface area contributed by atoms with E-state index in [1.54, 1.807) is 18.2 Å². The van der Waals surface area contributed by atoms with Gasteiger partial charge in [-0.3, -0.25) is 4.79 Å². The third-order valence-corrected chi connectivity index (χ3v) is 4.79. The van der Waals surface area contributed by atoms with Crippen LogP contribution < -0.4 is 9.46 Å². The molecule has 2 rings (SSSR count). The van der Waals surface area contributed by atoms with Crippen LogP contribution in [0.1, 0.15) is 12.0 Å². The summed E-state index contributed by atoms with van der Waals surface area (Å²) in [5, 5.41) is 0. The molecule has 1 N–H and O–H groups in total. The van der Waals surface area contributed by atoms with E-state index in [9.17, 15) is 13.2 Å². The number of rotatable bonds is 9.